The van der Waals surface area contributed by atoms with E-state index in [9.17, 15) is 14.4 Å². The maximum atomic E-state index is 12.7. The molecular weight excluding hydrogens is 338 g/mol. The molecule has 3 heterocycles. The minimum absolute atomic E-state index is 0.0964. The van der Waals surface area contributed by atoms with Gasteiger partial charge in [-0.2, -0.15) is 0 Å². The summed E-state index contributed by atoms with van der Waals surface area (Å²) in [6.45, 7) is 0.880. The number of nitrogens with zero attached hydrogens (tertiary/aromatic N) is 1. The molecule has 1 aromatic carbocycles. The van der Waals surface area contributed by atoms with Crippen LogP contribution in [0.25, 0.3) is 0 Å². The molecule has 4 rings (SSSR count). The lowest BCUT2D eigenvalue weighted by atomic mass is 10.0. The van der Waals surface area contributed by atoms with Crippen LogP contribution < -0.4 is 10.9 Å². The largest absolute Gasteiger partial charge is 0.338 e. The number of amides is 2. The fraction of sp³-hybridized carbons (Fsp3) is 0.278. The van der Waals surface area contributed by atoms with Gasteiger partial charge in [-0.25, -0.2) is 0 Å². The van der Waals surface area contributed by atoms with Crippen LogP contribution in [-0.2, 0) is 22.6 Å². The normalized spacial score (nSPS) is 19.0. The molecule has 0 saturated carbocycles. The zero-order valence-electron chi connectivity index (χ0n) is 13.5. The van der Waals surface area contributed by atoms with Gasteiger partial charge >= 0.3 is 0 Å². The molecule has 1 aromatic heterocycles. The van der Waals surface area contributed by atoms with Crippen molar-refractivity contribution < 1.29 is 9.59 Å². The third-order valence-electron chi connectivity index (χ3n) is 4.58. The lowest BCUT2D eigenvalue weighted by molar-refractivity contribution is -0.133. The number of hydrogen-bond donors (Lipinski definition) is 2. The van der Waals surface area contributed by atoms with Crippen molar-refractivity contribution in [2.45, 2.75) is 29.5 Å². The number of hydrogen-bond acceptors (Lipinski definition) is 4. The van der Waals surface area contributed by atoms with Gasteiger partial charge < -0.3 is 15.2 Å². The molecule has 0 fully saturated rings. The monoisotopic (exact) mass is 355 g/mol. The third kappa shape index (κ3) is 3.07. The van der Waals surface area contributed by atoms with Crippen LogP contribution in [0.1, 0.15) is 17.5 Å². The number of benzene rings is 1. The zero-order chi connectivity index (χ0) is 17.4. The summed E-state index contributed by atoms with van der Waals surface area (Å²) in [5.74, 6) is -0.242. The van der Waals surface area contributed by atoms with E-state index in [4.69, 9.17) is 0 Å². The Morgan fingerprint density at radius 1 is 1.24 bits per heavy atom. The number of fused-ring (bicyclic) bond motifs is 2. The Balaban J connectivity index is 1.47. The Morgan fingerprint density at radius 3 is 2.96 bits per heavy atom. The number of thioether (sulfide) groups is 1. The van der Waals surface area contributed by atoms with Gasteiger partial charge in [0.2, 0.25) is 11.8 Å². The van der Waals surface area contributed by atoms with Crippen LogP contribution in [0, 0.1) is 0 Å². The smallest absolute Gasteiger partial charge is 0.253 e. The lowest BCUT2D eigenvalue weighted by Gasteiger charge is -2.30. The van der Waals surface area contributed by atoms with Crippen LogP contribution in [0.2, 0.25) is 0 Å². The summed E-state index contributed by atoms with van der Waals surface area (Å²) in [5, 5.41) is 2.41. The summed E-state index contributed by atoms with van der Waals surface area (Å²) in [6, 6.07) is 9.46. The highest BCUT2D eigenvalue weighted by molar-refractivity contribution is 8.01. The van der Waals surface area contributed by atoms with Crippen molar-refractivity contribution in [1.82, 2.24) is 9.88 Å². The van der Waals surface area contributed by atoms with Crippen molar-refractivity contribution in [2.24, 2.45) is 0 Å². The Kier molecular flexibility index (Phi) is 4.09. The highest BCUT2D eigenvalue weighted by Crippen LogP contribution is 2.36. The van der Waals surface area contributed by atoms with Crippen LogP contribution in [-0.4, -0.2) is 33.5 Å². The molecule has 0 saturated heterocycles. The Bertz CT molecular complexity index is 908. The molecule has 25 heavy (non-hydrogen) atoms. The molecule has 2 amide bonds. The Morgan fingerprint density at radius 2 is 2.08 bits per heavy atom. The number of carbonyl (C=O) groups excluding carboxylic acids is 2. The molecular formula is C18H17N3O3S. The Hall–Kier alpha value is -2.54. The predicted molar refractivity (Wildman–Crippen MR) is 95.5 cm³/mol. The highest BCUT2D eigenvalue weighted by Gasteiger charge is 2.31. The summed E-state index contributed by atoms with van der Waals surface area (Å²) in [5.41, 5.74) is 2.29. The quantitative estimate of drug-likeness (QED) is 0.860. The van der Waals surface area contributed by atoms with Crippen LogP contribution in [0.5, 0.6) is 0 Å². The van der Waals surface area contributed by atoms with Gasteiger partial charge in [-0.3, -0.25) is 14.4 Å². The number of para-hydroxylation sites is 1. The van der Waals surface area contributed by atoms with Gasteiger partial charge in [-0.15, -0.1) is 11.8 Å². The van der Waals surface area contributed by atoms with Crippen LogP contribution in [0.4, 0.5) is 5.69 Å². The van der Waals surface area contributed by atoms with Gasteiger partial charge in [-0.1, -0.05) is 12.1 Å². The number of H-pyrrole nitrogens is 1. The van der Waals surface area contributed by atoms with E-state index in [0.717, 1.165) is 16.1 Å². The van der Waals surface area contributed by atoms with Crippen molar-refractivity contribution in [2.75, 3.05) is 11.9 Å². The summed E-state index contributed by atoms with van der Waals surface area (Å²) < 4.78 is 0. The molecule has 0 aliphatic carbocycles. The van der Waals surface area contributed by atoms with Crippen molar-refractivity contribution in [3.8, 4) is 0 Å². The second kappa shape index (κ2) is 6.40. The Labute approximate surface area is 148 Å². The van der Waals surface area contributed by atoms with Gasteiger partial charge in [-0.05, 0) is 30.2 Å². The summed E-state index contributed by atoms with van der Waals surface area (Å²) in [6.07, 6.45) is 2.43. The van der Waals surface area contributed by atoms with Crippen molar-refractivity contribution in [3.05, 3.63) is 58.0 Å². The van der Waals surface area contributed by atoms with E-state index in [0.29, 0.717) is 25.1 Å². The van der Waals surface area contributed by atoms with E-state index >= 15 is 0 Å². The molecule has 1 atom stereocenters. The number of rotatable bonds is 2. The molecule has 1 unspecified atom stereocenters. The predicted octanol–water partition coefficient (Wildman–Crippen LogP) is 1.76. The first-order chi connectivity index (χ1) is 12.1. The standard InChI is InChI=1S/C18H17N3O3S/c22-16(21-8-6-11-5-7-19-17(23)12(11)10-21)9-15-18(24)20-13-3-1-2-4-14(13)25-15/h1-5,7,15H,6,8-10H2,(H,19,23)(H,20,24). The second-order valence-corrected chi connectivity index (χ2v) is 7.42. The van der Waals surface area contributed by atoms with E-state index < -0.39 is 5.25 Å². The van der Waals surface area contributed by atoms with Crippen molar-refractivity contribution >= 4 is 29.3 Å². The van der Waals surface area contributed by atoms with Gasteiger partial charge in [0.1, 0.15) is 0 Å². The average molecular weight is 355 g/mol. The molecule has 2 N–H and O–H groups in total. The maximum Gasteiger partial charge on any atom is 0.253 e. The number of pyridine rings is 1. The molecule has 0 spiro atoms. The topological polar surface area (TPSA) is 82.3 Å². The fourth-order valence-corrected chi connectivity index (χ4v) is 4.31. The minimum Gasteiger partial charge on any atom is -0.338 e. The van der Waals surface area contributed by atoms with Gasteiger partial charge in [0.25, 0.3) is 5.56 Å². The van der Waals surface area contributed by atoms with Crippen molar-refractivity contribution in [3.63, 3.8) is 0 Å². The molecule has 7 heteroatoms. The average Bonchev–Trinajstić information content (AvgIpc) is 2.62. The molecule has 2 aromatic rings. The van der Waals surface area contributed by atoms with Crippen LogP contribution in [0.3, 0.4) is 0 Å². The van der Waals surface area contributed by atoms with E-state index in [1.54, 1.807) is 11.1 Å². The highest BCUT2D eigenvalue weighted by atomic mass is 32.2. The van der Waals surface area contributed by atoms with E-state index in [1.165, 1.54) is 11.8 Å². The van der Waals surface area contributed by atoms with Gasteiger partial charge in [0, 0.05) is 29.6 Å². The number of aromatic amines is 1. The van der Waals surface area contributed by atoms with Crippen molar-refractivity contribution in [1.29, 1.82) is 0 Å². The first-order valence-electron chi connectivity index (χ1n) is 8.15. The summed E-state index contributed by atoms with van der Waals surface area (Å²) in [4.78, 5) is 42.2. The van der Waals surface area contributed by atoms with E-state index in [1.807, 2.05) is 30.3 Å². The summed E-state index contributed by atoms with van der Waals surface area (Å²) in [7, 11) is 0. The molecule has 128 valence electrons. The number of nitrogens with one attached hydrogen (secondary N) is 2. The molecule has 0 radical (unpaired) electrons. The van der Waals surface area contributed by atoms with Crippen LogP contribution in [0.15, 0.2) is 46.2 Å². The summed E-state index contributed by atoms with van der Waals surface area (Å²) >= 11 is 1.42. The van der Waals surface area contributed by atoms with E-state index in [-0.39, 0.29) is 23.8 Å². The van der Waals surface area contributed by atoms with Gasteiger partial charge in [0.05, 0.1) is 17.5 Å². The number of anilines is 1. The lowest BCUT2D eigenvalue weighted by Crippen LogP contribution is -2.41. The molecule has 0 bridgehead atoms. The van der Waals surface area contributed by atoms with E-state index in [2.05, 4.69) is 10.3 Å². The zero-order valence-corrected chi connectivity index (χ0v) is 14.3. The minimum atomic E-state index is -0.446. The molecule has 2 aliphatic rings. The maximum absolute atomic E-state index is 12.7. The first-order valence-corrected chi connectivity index (χ1v) is 9.03. The molecule has 2 aliphatic heterocycles. The fourth-order valence-electron chi connectivity index (χ4n) is 3.21. The third-order valence-corrected chi connectivity index (χ3v) is 5.86. The molecule has 6 nitrogen and oxygen atoms in total. The first kappa shape index (κ1) is 16.0. The number of carbonyl (C=O) groups is 2. The van der Waals surface area contributed by atoms with Gasteiger partial charge in [0.15, 0.2) is 0 Å². The van der Waals surface area contributed by atoms with Crippen LogP contribution >= 0.6 is 11.8 Å². The number of aromatic nitrogens is 1. The second-order valence-electron chi connectivity index (χ2n) is 6.17. The SMILES string of the molecule is O=C1Nc2ccccc2SC1CC(=O)N1CCc2cc[nH]c(=O)c2C1.